The van der Waals surface area contributed by atoms with E-state index < -0.39 is 9.84 Å². The van der Waals surface area contributed by atoms with Crippen LogP contribution in [0.4, 0.5) is 0 Å². The molecule has 0 saturated heterocycles. The lowest BCUT2D eigenvalue weighted by atomic mass is 9.95. The number of hydrogen-bond acceptors (Lipinski definition) is 5. The van der Waals surface area contributed by atoms with Crippen LogP contribution in [0.15, 0.2) is 0 Å². The molecular formula is C12H25NO4S. The van der Waals surface area contributed by atoms with E-state index >= 15 is 0 Å². The van der Waals surface area contributed by atoms with Crippen LogP contribution < -0.4 is 5.32 Å². The molecule has 0 bridgehead atoms. The molecule has 5 nitrogen and oxygen atoms in total. The van der Waals surface area contributed by atoms with E-state index in [4.69, 9.17) is 9.47 Å². The fourth-order valence-electron chi connectivity index (χ4n) is 2.41. The van der Waals surface area contributed by atoms with Gasteiger partial charge in [0, 0.05) is 33.1 Å². The van der Waals surface area contributed by atoms with E-state index in [-0.39, 0.29) is 17.4 Å². The molecule has 1 fully saturated rings. The van der Waals surface area contributed by atoms with Gasteiger partial charge >= 0.3 is 0 Å². The van der Waals surface area contributed by atoms with Crippen molar-refractivity contribution in [2.24, 2.45) is 0 Å². The molecular weight excluding hydrogens is 254 g/mol. The average molecular weight is 279 g/mol. The third-order valence-electron chi connectivity index (χ3n) is 3.55. The third-order valence-corrected chi connectivity index (χ3v) is 5.19. The Hall–Kier alpha value is -0.170. The summed E-state index contributed by atoms with van der Waals surface area (Å²) in [5.74, 6) is 0. The van der Waals surface area contributed by atoms with Gasteiger partial charge in [0.25, 0.3) is 0 Å². The summed E-state index contributed by atoms with van der Waals surface area (Å²) in [5, 5.41) is 3.20. The van der Waals surface area contributed by atoms with Crippen molar-refractivity contribution in [2.45, 2.75) is 43.1 Å². The van der Waals surface area contributed by atoms with E-state index in [9.17, 15) is 8.42 Å². The molecule has 6 heteroatoms. The van der Waals surface area contributed by atoms with Crippen LogP contribution in [0.25, 0.3) is 0 Å². The number of ether oxygens (including phenoxy) is 2. The van der Waals surface area contributed by atoms with Gasteiger partial charge in [-0.15, -0.1) is 0 Å². The Labute approximate surface area is 110 Å². The summed E-state index contributed by atoms with van der Waals surface area (Å²) in [6, 6.07) is 0.271. The molecule has 0 aromatic rings. The first-order valence-electron chi connectivity index (χ1n) is 6.41. The highest BCUT2D eigenvalue weighted by Crippen LogP contribution is 2.23. The standard InChI is InChI=1S/C12H25NO4S/c1-16-9-11(17-2)8-13-10-5-4-6-12(7-10)18(3,14)15/h10-13H,4-9H2,1-3H3. The number of nitrogens with one attached hydrogen (secondary N) is 1. The molecule has 3 atom stereocenters. The van der Waals surface area contributed by atoms with Crippen LogP contribution in [0.3, 0.4) is 0 Å². The summed E-state index contributed by atoms with van der Waals surface area (Å²) in [6.45, 7) is 1.25. The van der Waals surface area contributed by atoms with Crippen LogP contribution in [0.1, 0.15) is 25.7 Å². The molecule has 0 aliphatic heterocycles. The molecule has 0 spiro atoms. The van der Waals surface area contributed by atoms with E-state index in [1.807, 2.05) is 0 Å². The van der Waals surface area contributed by atoms with Crippen molar-refractivity contribution >= 4 is 9.84 Å². The second-order valence-corrected chi connectivity index (χ2v) is 7.36. The molecule has 0 heterocycles. The van der Waals surface area contributed by atoms with E-state index in [1.54, 1.807) is 14.2 Å². The van der Waals surface area contributed by atoms with Crippen molar-refractivity contribution in [3.8, 4) is 0 Å². The van der Waals surface area contributed by atoms with Gasteiger partial charge in [0.05, 0.1) is 18.0 Å². The van der Waals surface area contributed by atoms with Crippen LogP contribution in [0.2, 0.25) is 0 Å². The Morgan fingerprint density at radius 3 is 2.61 bits per heavy atom. The molecule has 0 radical (unpaired) electrons. The van der Waals surface area contributed by atoms with Crippen LogP contribution in [0.5, 0.6) is 0 Å². The topological polar surface area (TPSA) is 64.6 Å². The van der Waals surface area contributed by atoms with E-state index in [2.05, 4.69) is 5.32 Å². The van der Waals surface area contributed by atoms with E-state index in [0.29, 0.717) is 19.6 Å². The Balaban J connectivity index is 2.38. The molecule has 0 aromatic carbocycles. The minimum Gasteiger partial charge on any atom is -0.382 e. The molecule has 1 aliphatic carbocycles. The first-order valence-corrected chi connectivity index (χ1v) is 8.36. The zero-order valence-corrected chi connectivity index (χ0v) is 12.3. The van der Waals surface area contributed by atoms with Gasteiger partial charge in [0.15, 0.2) is 0 Å². The predicted octanol–water partition coefficient (Wildman–Crippen LogP) is 0.593. The van der Waals surface area contributed by atoms with Crippen molar-refractivity contribution in [1.29, 1.82) is 0 Å². The van der Waals surface area contributed by atoms with Crippen molar-refractivity contribution in [1.82, 2.24) is 5.32 Å². The summed E-state index contributed by atoms with van der Waals surface area (Å²) in [6.07, 6.45) is 4.87. The minimum atomic E-state index is -2.91. The average Bonchev–Trinajstić information content (AvgIpc) is 2.34. The lowest BCUT2D eigenvalue weighted by Gasteiger charge is -2.29. The van der Waals surface area contributed by atoms with E-state index in [0.717, 1.165) is 19.3 Å². The number of hydrogen-bond donors (Lipinski definition) is 1. The van der Waals surface area contributed by atoms with Crippen molar-refractivity contribution < 1.29 is 17.9 Å². The zero-order valence-electron chi connectivity index (χ0n) is 11.5. The maximum absolute atomic E-state index is 11.6. The maximum Gasteiger partial charge on any atom is 0.150 e. The molecule has 3 unspecified atom stereocenters. The van der Waals surface area contributed by atoms with E-state index in [1.165, 1.54) is 6.26 Å². The highest BCUT2D eigenvalue weighted by molar-refractivity contribution is 7.91. The lowest BCUT2D eigenvalue weighted by molar-refractivity contribution is 0.0267. The monoisotopic (exact) mass is 279 g/mol. The van der Waals surface area contributed by atoms with Gasteiger partial charge in [-0.1, -0.05) is 6.42 Å². The molecule has 18 heavy (non-hydrogen) atoms. The fourth-order valence-corrected chi connectivity index (χ4v) is 3.59. The van der Waals surface area contributed by atoms with Crippen LogP contribution in [-0.4, -0.2) is 59.4 Å². The summed E-state index contributed by atoms with van der Waals surface area (Å²) >= 11 is 0. The Bertz CT molecular complexity index is 331. The van der Waals surface area contributed by atoms with Gasteiger partial charge in [0.1, 0.15) is 9.84 Å². The molecule has 108 valence electrons. The second-order valence-electron chi connectivity index (χ2n) is 5.04. The molecule has 1 N–H and O–H groups in total. The van der Waals surface area contributed by atoms with Crippen LogP contribution in [-0.2, 0) is 19.3 Å². The molecule has 0 aromatic heterocycles. The summed E-state index contributed by atoms with van der Waals surface area (Å²) in [4.78, 5) is 0. The normalized spacial score (nSPS) is 27.1. The summed E-state index contributed by atoms with van der Waals surface area (Å²) in [5.41, 5.74) is 0. The van der Waals surface area contributed by atoms with Crippen molar-refractivity contribution in [2.75, 3.05) is 33.6 Å². The SMILES string of the molecule is COCC(CNC1CCCC(S(C)(=O)=O)C1)OC. The smallest absolute Gasteiger partial charge is 0.150 e. The van der Waals surface area contributed by atoms with Gasteiger partial charge in [-0.05, 0) is 19.3 Å². The number of rotatable bonds is 7. The van der Waals surface area contributed by atoms with Crippen LogP contribution in [0, 0.1) is 0 Å². The first-order chi connectivity index (χ1) is 8.47. The molecule has 1 saturated carbocycles. The summed E-state index contributed by atoms with van der Waals surface area (Å²) < 4.78 is 33.4. The lowest BCUT2D eigenvalue weighted by Crippen LogP contribution is -2.43. The molecule has 1 rings (SSSR count). The third kappa shape index (κ3) is 5.22. The highest BCUT2D eigenvalue weighted by Gasteiger charge is 2.28. The van der Waals surface area contributed by atoms with Gasteiger partial charge in [-0.3, -0.25) is 0 Å². The summed E-state index contributed by atoms with van der Waals surface area (Å²) in [7, 11) is 0.394. The zero-order chi connectivity index (χ0) is 13.6. The largest absolute Gasteiger partial charge is 0.382 e. The Morgan fingerprint density at radius 1 is 1.33 bits per heavy atom. The molecule has 1 aliphatic rings. The number of sulfone groups is 1. The first kappa shape index (κ1) is 15.9. The molecule has 0 amide bonds. The fraction of sp³-hybridized carbons (Fsp3) is 1.00. The Kier molecular flexibility index (Phi) is 6.55. The quantitative estimate of drug-likeness (QED) is 0.739. The van der Waals surface area contributed by atoms with Gasteiger partial charge in [-0.2, -0.15) is 0 Å². The maximum atomic E-state index is 11.6. The van der Waals surface area contributed by atoms with Gasteiger partial charge in [0.2, 0.25) is 0 Å². The van der Waals surface area contributed by atoms with Crippen molar-refractivity contribution in [3.05, 3.63) is 0 Å². The van der Waals surface area contributed by atoms with Gasteiger partial charge in [-0.25, -0.2) is 8.42 Å². The van der Waals surface area contributed by atoms with Crippen molar-refractivity contribution in [3.63, 3.8) is 0 Å². The second kappa shape index (κ2) is 7.43. The predicted molar refractivity (Wildman–Crippen MR) is 71.6 cm³/mol. The minimum absolute atomic E-state index is 0.0219. The number of methoxy groups -OCH3 is 2. The Morgan fingerprint density at radius 2 is 2.06 bits per heavy atom. The van der Waals surface area contributed by atoms with Crippen LogP contribution >= 0.6 is 0 Å². The highest BCUT2D eigenvalue weighted by atomic mass is 32.2. The van der Waals surface area contributed by atoms with Gasteiger partial charge < -0.3 is 14.8 Å².